The Morgan fingerprint density at radius 1 is 1.42 bits per heavy atom. The second kappa shape index (κ2) is 8.23. The van der Waals surface area contributed by atoms with Crippen LogP contribution in [0.4, 0.5) is 5.69 Å². The summed E-state index contributed by atoms with van der Waals surface area (Å²) in [6.07, 6.45) is 1.44. The summed E-state index contributed by atoms with van der Waals surface area (Å²) in [4.78, 5) is 15.2. The SMILES string of the molecule is CCSc1cccc(NC(=O)CCC(C)N(C)C)c1. The van der Waals surface area contributed by atoms with Crippen molar-refractivity contribution in [2.45, 2.75) is 37.6 Å². The fourth-order valence-corrected chi connectivity index (χ4v) is 2.37. The van der Waals surface area contributed by atoms with Gasteiger partial charge in [0, 0.05) is 23.0 Å². The number of carbonyl (C=O) groups is 1. The van der Waals surface area contributed by atoms with Gasteiger partial charge in [-0.05, 0) is 51.4 Å². The maximum atomic E-state index is 11.9. The largest absolute Gasteiger partial charge is 0.326 e. The average Bonchev–Trinajstić information content (AvgIpc) is 2.36. The highest BCUT2D eigenvalue weighted by atomic mass is 32.2. The molecule has 0 radical (unpaired) electrons. The third-order valence-corrected chi connectivity index (χ3v) is 3.98. The monoisotopic (exact) mass is 280 g/mol. The van der Waals surface area contributed by atoms with Crippen LogP contribution < -0.4 is 5.32 Å². The highest BCUT2D eigenvalue weighted by molar-refractivity contribution is 7.99. The lowest BCUT2D eigenvalue weighted by Crippen LogP contribution is -2.26. The normalized spacial score (nSPS) is 12.5. The number of hydrogen-bond acceptors (Lipinski definition) is 3. The fourth-order valence-electron chi connectivity index (χ4n) is 1.65. The van der Waals surface area contributed by atoms with E-state index in [9.17, 15) is 4.79 Å². The summed E-state index contributed by atoms with van der Waals surface area (Å²) in [7, 11) is 4.07. The Bertz CT molecular complexity index is 407. The molecule has 1 amide bonds. The molecule has 0 spiro atoms. The van der Waals surface area contributed by atoms with Gasteiger partial charge in [0.2, 0.25) is 5.91 Å². The van der Waals surface area contributed by atoms with Crippen molar-refractivity contribution in [3.63, 3.8) is 0 Å². The molecule has 0 fully saturated rings. The van der Waals surface area contributed by atoms with E-state index in [0.29, 0.717) is 12.5 Å². The van der Waals surface area contributed by atoms with Crippen molar-refractivity contribution < 1.29 is 4.79 Å². The first kappa shape index (κ1) is 16.1. The summed E-state index contributed by atoms with van der Waals surface area (Å²) in [6.45, 7) is 4.25. The molecule has 1 rings (SSSR count). The Labute approximate surface area is 120 Å². The molecular weight excluding hydrogens is 256 g/mol. The number of hydrogen-bond donors (Lipinski definition) is 1. The highest BCUT2D eigenvalue weighted by Crippen LogP contribution is 2.21. The first-order chi connectivity index (χ1) is 9.02. The van der Waals surface area contributed by atoms with Crippen molar-refractivity contribution in [2.24, 2.45) is 0 Å². The Morgan fingerprint density at radius 2 is 2.16 bits per heavy atom. The second-order valence-corrected chi connectivity index (χ2v) is 6.20. The topological polar surface area (TPSA) is 32.3 Å². The highest BCUT2D eigenvalue weighted by Gasteiger charge is 2.08. The zero-order valence-corrected chi connectivity index (χ0v) is 13.1. The van der Waals surface area contributed by atoms with Crippen LogP contribution in [-0.4, -0.2) is 36.7 Å². The number of thioether (sulfide) groups is 1. The minimum atomic E-state index is 0.0901. The van der Waals surface area contributed by atoms with Crippen molar-refractivity contribution in [3.05, 3.63) is 24.3 Å². The van der Waals surface area contributed by atoms with Crippen LogP contribution in [0, 0.1) is 0 Å². The summed E-state index contributed by atoms with van der Waals surface area (Å²) in [5.41, 5.74) is 0.890. The van der Waals surface area contributed by atoms with E-state index in [0.717, 1.165) is 17.9 Å². The summed E-state index contributed by atoms with van der Waals surface area (Å²) in [5, 5.41) is 2.96. The van der Waals surface area contributed by atoms with Gasteiger partial charge in [-0.3, -0.25) is 4.79 Å². The molecule has 3 nitrogen and oxygen atoms in total. The van der Waals surface area contributed by atoms with Crippen molar-refractivity contribution in [3.8, 4) is 0 Å². The molecule has 4 heteroatoms. The number of carbonyl (C=O) groups excluding carboxylic acids is 1. The molecule has 0 aliphatic carbocycles. The molecule has 0 heterocycles. The van der Waals surface area contributed by atoms with E-state index in [1.54, 1.807) is 11.8 Å². The number of amides is 1. The van der Waals surface area contributed by atoms with Crippen molar-refractivity contribution in [2.75, 3.05) is 25.2 Å². The number of anilines is 1. The number of nitrogens with one attached hydrogen (secondary N) is 1. The lowest BCUT2D eigenvalue weighted by Gasteiger charge is -2.19. The molecule has 1 unspecified atom stereocenters. The quantitative estimate of drug-likeness (QED) is 0.776. The standard InChI is InChI=1S/C15H24N2OS/c1-5-19-14-8-6-7-13(11-14)16-15(18)10-9-12(2)17(3)4/h6-8,11-12H,5,9-10H2,1-4H3,(H,16,18). The first-order valence-corrected chi connectivity index (χ1v) is 7.70. The minimum Gasteiger partial charge on any atom is -0.326 e. The predicted octanol–water partition coefficient (Wildman–Crippen LogP) is 3.47. The van der Waals surface area contributed by atoms with E-state index in [4.69, 9.17) is 0 Å². The molecule has 0 aliphatic heterocycles. The van der Waals surface area contributed by atoms with E-state index in [1.165, 1.54) is 4.90 Å². The maximum absolute atomic E-state index is 11.9. The van der Waals surface area contributed by atoms with E-state index in [1.807, 2.05) is 32.3 Å². The van der Waals surface area contributed by atoms with Gasteiger partial charge in [0.1, 0.15) is 0 Å². The van der Waals surface area contributed by atoms with Crippen LogP contribution in [0.3, 0.4) is 0 Å². The van der Waals surface area contributed by atoms with Gasteiger partial charge in [0.15, 0.2) is 0 Å². The zero-order chi connectivity index (χ0) is 14.3. The van der Waals surface area contributed by atoms with Crippen LogP contribution in [0.15, 0.2) is 29.2 Å². The molecule has 1 aromatic carbocycles. The molecular formula is C15H24N2OS. The number of rotatable bonds is 7. The van der Waals surface area contributed by atoms with Crippen LogP contribution in [0.2, 0.25) is 0 Å². The molecule has 19 heavy (non-hydrogen) atoms. The summed E-state index contributed by atoms with van der Waals surface area (Å²) >= 11 is 1.78. The summed E-state index contributed by atoms with van der Waals surface area (Å²) < 4.78 is 0. The maximum Gasteiger partial charge on any atom is 0.224 e. The van der Waals surface area contributed by atoms with Gasteiger partial charge in [-0.2, -0.15) is 0 Å². The van der Waals surface area contributed by atoms with Gasteiger partial charge in [0.05, 0.1) is 0 Å². The van der Waals surface area contributed by atoms with Crippen molar-refractivity contribution in [1.29, 1.82) is 0 Å². The smallest absolute Gasteiger partial charge is 0.224 e. The van der Waals surface area contributed by atoms with E-state index in [-0.39, 0.29) is 5.91 Å². The third kappa shape index (κ3) is 6.12. The van der Waals surface area contributed by atoms with Crippen LogP contribution in [0.25, 0.3) is 0 Å². The van der Waals surface area contributed by atoms with Gasteiger partial charge in [-0.1, -0.05) is 13.0 Å². The summed E-state index contributed by atoms with van der Waals surface area (Å²) in [6, 6.07) is 8.44. The Hall–Kier alpha value is -1.00. The molecule has 1 aromatic rings. The predicted molar refractivity (Wildman–Crippen MR) is 83.9 cm³/mol. The van der Waals surface area contributed by atoms with E-state index >= 15 is 0 Å². The van der Waals surface area contributed by atoms with Crippen molar-refractivity contribution in [1.82, 2.24) is 4.90 Å². The first-order valence-electron chi connectivity index (χ1n) is 6.72. The van der Waals surface area contributed by atoms with Gasteiger partial charge >= 0.3 is 0 Å². The van der Waals surface area contributed by atoms with Crippen LogP contribution in [0.5, 0.6) is 0 Å². The Balaban J connectivity index is 2.45. The molecule has 106 valence electrons. The van der Waals surface area contributed by atoms with Gasteiger partial charge in [0.25, 0.3) is 0 Å². The third-order valence-electron chi connectivity index (χ3n) is 3.10. The molecule has 0 saturated heterocycles. The second-order valence-electron chi connectivity index (χ2n) is 4.86. The minimum absolute atomic E-state index is 0.0901. The fraction of sp³-hybridized carbons (Fsp3) is 0.533. The molecule has 0 aliphatic rings. The van der Waals surface area contributed by atoms with Crippen LogP contribution >= 0.6 is 11.8 Å². The van der Waals surface area contributed by atoms with Gasteiger partial charge in [-0.25, -0.2) is 0 Å². The molecule has 1 N–H and O–H groups in total. The number of benzene rings is 1. The van der Waals surface area contributed by atoms with Crippen molar-refractivity contribution >= 4 is 23.4 Å². The summed E-state index contributed by atoms with van der Waals surface area (Å²) in [5.74, 6) is 1.13. The average molecular weight is 280 g/mol. The van der Waals surface area contributed by atoms with E-state index in [2.05, 4.69) is 30.1 Å². The van der Waals surface area contributed by atoms with Crippen LogP contribution in [-0.2, 0) is 4.79 Å². The van der Waals surface area contributed by atoms with Gasteiger partial charge < -0.3 is 10.2 Å². The number of nitrogens with zero attached hydrogens (tertiary/aromatic N) is 1. The molecule has 0 aromatic heterocycles. The van der Waals surface area contributed by atoms with E-state index < -0.39 is 0 Å². The molecule has 0 bridgehead atoms. The molecule has 1 atom stereocenters. The lowest BCUT2D eigenvalue weighted by molar-refractivity contribution is -0.116. The molecule has 0 saturated carbocycles. The lowest BCUT2D eigenvalue weighted by atomic mass is 10.1. The zero-order valence-electron chi connectivity index (χ0n) is 12.3. The van der Waals surface area contributed by atoms with Crippen LogP contribution in [0.1, 0.15) is 26.7 Å². The van der Waals surface area contributed by atoms with Gasteiger partial charge in [-0.15, -0.1) is 11.8 Å². The Morgan fingerprint density at radius 3 is 2.79 bits per heavy atom. The Kier molecular flexibility index (Phi) is 6.95.